The fourth-order valence-electron chi connectivity index (χ4n) is 9.35. The minimum absolute atomic E-state index is 0.119. The van der Waals surface area contributed by atoms with Gasteiger partial charge in [0.2, 0.25) is 0 Å². The Balaban J connectivity index is 1.58. The molecule has 2 saturated carbocycles. The molecule has 8 atom stereocenters. The summed E-state index contributed by atoms with van der Waals surface area (Å²) in [7, 11) is 0. The lowest BCUT2D eigenvalue weighted by Crippen LogP contribution is -2.56. The van der Waals surface area contributed by atoms with Crippen molar-refractivity contribution in [3.8, 4) is 0 Å². The van der Waals surface area contributed by atoms with Gasteiger partial charge in [0.25, 0.3) is 0 Å². The maximum absolute atomic E-state index is 10.8. The first-order valence-electron chi connectivity index (χ1n) is 13.6. The van der Waals surface area contributed by atoms with Gasteiger partial charge < -0.3 is 10.2 Å². The lowest BCUT2D eigenvalue weighted by Gasteiger charge is -2.60. The first-order chi connectivity index (χ1) is 14.6. The van der Waals surface area contributed by atoms with Gasteiger partial charge in [0.05, 0.1) is 12.7 Å². The highest BCUT2D eigenvalue weighted by molar-refractivity contribution is 5.35. The molecule has 31 heavy (non-hydrogen) atoms. The van der Waals surface area contributed by atoms with E-state index in [1.807, 2.05) is 5.57 Å². The minimum atomic E-state index is -0.353. The summed E-state index contributed by atoms with van der Waals surface area (Å²) in [5.41, 5.74) is 3.95. The third-order valence-corrected chi connectivity index (χ3v) is 11.3. The second-order valence-electron chi connectivity index (χ2n) is 13.3. The summed E-state index contributed by atoms with van der Waals surface area (Å²) in [6.45, 7) is 14.7. The Morgan fingerprint density at radius 2 is 1.68 bits per heavy atom. The van der Waals surface area contributed by atoms with Gasteiger partial charge in [-0.2, -0.15) is 0 Å². The zero-order valence-corrected chi connectivity index (χ0v) is 21.3. The van der Waals surface area contributed by atoms with Gasteiger partial charge in [-0.15, -0.1) is 0 Å². The van der Waals surface area contributed by atoms with Gasteiger partial charge in [0, 0.05) is 5.41 Å². The van der Waals surface area contributed by atoms with E-state index in [-0.39, 0.29) is 23.5 Å². The molecule has 0 saturated heterocycles. The lowest BCUT2D eigenvalue weighted by atomic mass is 9.45. The van der Waals surface area contributed by atoms with Gasteiger partial charge in [-0.3, -0.25) is 0 Å². The molecule has 8 unspecified atom stereocenters. The quantitative estimate of drug-likeness (QED) is 0.440. The van der Waals surface area contributed by atoms with Gasteiger partial charge >= 0.3 is 0 Å². The summed E-state index contributed by atoms with van der Waals surface area (Å²) < 4.78 is 0. The first kappa shape index (κ1) is 23.8. The van der Waals surface area contributed by atoms with Crippen LogP contribution in [0.15, 0.2) is 11.1 Å². The molecule has 0 radical (unpaired) electrons. The molecule has 2 N–H and O–H groups in total. The smallest absolute Gasteiger partial charge is 0.0619 e. The monoisotopic (exact) mass is 430 g/mol. The van der Waals surface area contributed by atoms with E-state index < -0.39 is 0 Å². The first-order valence-corrected chi connectivity index (χ1v) is 13.6. The number of hydrogen-bond donors (Lipinski definition) is 2. The highest BCUT2D eigenvalue weighted by Gasteiger charge is 2.60. The predicted molar refractivity (Wildman–Crippen MR) is 130 cm³/mol. The van der Waals surface area contributed by atoms with E-state index in [9.17, 15) is 10.2 Å². The molecule has 2 nitrogen and oxygen atoms in total. The molecule has 0 amide bonds. The Hall–Kier alpha value is -0.340. The standard InChI is InChI=1S/C29H50O2/c1-19(2)8-7-9-20(3)22-11-12-23-21-10-13-25-28(5,24(21)14-16-27(22,23)4)17-15-26(31)29(25,6)18-30/h19-20,22-23,25-26,30-31H,7-18H2,1-6H3. The number of hydrogen-bond acceptors (Lipinski definition) is 2. The molecule has 0 heterocycles. The van der Waals surface area contributed by atoms with E-state index in [1.54, 1.807) is 5.57 Å². The van der Waals surface area contributed by atoms with Crippen LogP contribution in [0.3, 0.4) is 0 Å². The van der Waals surface area contributed by atoms with Crippen LogP contribution in [-0.2, 0) is 0 Å². The van der Waals surface area contributed by atoms with Gasteiger partial charge in [0.1, 0.15) is 0 Å². The van der Waals surface area contributed by atoms with Crippen molar-refractivity contribution in [2.24, 2.45) is 45.8 Å². The molecule has 0 spiro atoms. The van der Waals surface area contributed by atoms with E-state index in [0.29, 0.717) is 11.3 Å². The third-order valence-electron chi connectivity index (χ3n) is 11.3. The molecule has 0 aromatic rings. The van der Waals surface area contributed by atoms with Crippen molar-refractivity contribution in [2.75, 3.05) is 6.61 Å². The Kier molecular flexibility index (Phi) is 6.50. The highest BCUT2D eigenvalue weighted by atomic mass is 16.3. The van der Waals surface area contributed by atoms with E-state index >= 15 is 0 Å². The second-order valence-corrected chi connectivity index (χ2v) is 13.3. The zero-order chi connectivity index (χ0) is 22.6. The second kappa shape index (κ2) is 8.46. The predicted octanol–water partition coefficient (Wildman–Crippen LogP) is 7.14. The summed E-state index contributed by atoms with van der Waals surface area (Å²) in [5.74, 6) is 3.78. The fraction of sp³-hybridized carbons (Fsp3) is 0.931. The van der Waals surface area contributed by atoms with Gasteiger partial charge in [0.15, 0.2) is 0 Å². The summed E-state index contributed by atoms with van der Waals surface area (Å²) in [4.78, 5) is 0. The molecule has 2 fully saturated rings. The van der Waals surface area contributed by atoms with Gasteiger partial charge in [-0.05, 0) is 91.8 Å². The summed E-state index contributed by atoms with van der Waals surface area (Å²) in [6.07, 6.45) is 13.6. The minimum Gasteiger partial charge on any atom is -0.396 e. The number of rotatable bonds is 6. The van der Waals surface area contributed by atoms with Gasteiger partial charge in [-0.1, -0.05) is 72.0 Å². The maximum Gasteiger partial charge on any atom is 0.0619 e. The molecule has 0 aromatic carbocycles. The SMILES string of the molecule is CC(C)CCCC(C)C1CCC2C3=C(CCC21C)C1(C)CCC(O)C(C)(CO)C1CC3. The molecule has 4 aliphatic rings. The maximum atomic E-state index is 10.8. The molecule has 0 aromatic heterocycles. The van der Waals surface area contributed by atoms with Crippen molar-refractivity contribution in [3.63, 3.8) is 0 Å². The third kappa shape index (κ3) is 3.67. The Labute approximate surface area is 192 Å². The van der Waals surface area contributed by atoms with Crippen LogP contribution in [0.4, 0.5) is 0 Å². The van der Waals surface area contributed by atoms with E-state index in [1.165, 1.54) is 51.4 Å². The molecule has 178 valence electrons. The topological polar surface area (TPSA) is 40.5 Å². The van der Waals surface area contributed by atoms with Crippen molar-refractivity contribution < 1.29 is 10.2 Å². The molecule has 0 bridgehead atoms. The van der Waals surface area contributed by atoms with E-state index in [0.717, 1.165) is 42.9 Å². The molecular formula is C29H50O2. The molecule has 4 aliphatic carbocycles. The van der Waals surface area contributed by atoms with Crippen LogP contribution in [0.2, 0.25) is 0 Å². The van der Waals surface area contributed by atoms with E-state index in [2.05, 4.69) is 41.5 Å². The fourth-order valence-corrected chi connectivity index (χ4v) is 9.35. The number of aliphatic hydroxyl groups excluding tert-OH is 2. The van der Waals surface area contributed by atoms with E-state index in [4.69, 9.17) is 0 Å². The largest absolute Gasteiger partial charge is 0.396 e. The van der Waals surface area contributed by atoms with Crippen LogP contribution in [0, 0.1) is 45.8 Å². The highest BCUT2D eigenvalue weighted by Crippen LogP contribution is 2.68. The number of fused-ring (bicyclic) bond motifs is 4. The average molecular weight is 431 g/mol. The van der Waals surface area contributed by atoms with Crippen molar-refractivity contribution in [1.29, 1.82) is 0 Å². The van der Waals surface area contributed by atoms with Crippen LogP contribution in [-0.4, -0.2) is 22.9 Å². The van der Waals surface area contributed by atoms with Crippen molar-refractivity contribution in [1.82, 2.24) is 0 Å². The summed E-state index contributed by atoms with van der Waals surface area (Å²) in [5, 5.41) is 21.1. The number of allylic oxidation sites excluding steroid dienone is 2. The normalized spacial score (nSPS) is 46.0. The lowest BCUT2D eigenvalue weighted by molar-refractivity contribution is -0.126. The number of aliphatic hydroxyl groups is 2. The molecule has 2 heteroatoms. The molecule has 0 aliphatic heterocycles. The van der Waals surface area contributed by atoms with Crippen molar-refractivity contribution in [2.45, 2.75) is 118 Å². The molecular weight excluding hydrogens is 380 g/mol. The van der Waals surface area contributed by atoms with Crippen LogP contribution < -0.4 is 0 Å². The average Bonchev–Trinajstić information content (AvgIpc) is 3.08. The van der Waals surface area contributed by atoms with Crippen molar-refractivity contribution in [3.05, 3.63) is 11.1 Å². The van der Waals surface area contributed by atoms with Crippen LogP contribution in [0.1, 0.15) is 112 Å². The van der Waals surface area contributed by atoms with Gasteiger partial charge in [-0.25, -0.2) is 0 Å². The Morgan fingerprint density at radius 1 is 0.935 bits per heavy atom. The summed E-state index contributed by atoms with van der Waals surface area (Å²) in [6, 6.07) is 0. The van der Waals surface area contributed by atoms with Crippen LogP contribution >= 0.6 is 0 Å². The Bertz CT molecular complexity index is 695. The van der Waals surface area contributed by atoms with Crippen LogP contribution in [0.5, 0.6) is 0 Å². The van der Waals surface area contributed by atoms with Crippen LogP contribution in [0.25, 0.3) is 0 Å². The Morgan fingerprint density at radius 3 is 2.35 bits per heavy atom. The zero-order valence-electron chi connectivity index (χ0n) is 21.3. The van der Waals surface area contributed by atoms with Crippen molar-refractivity contribution >= 4 is 0 Å². The molecule has 4 rings (SSSR count). The summed E-state index contributed by atoms with van der Waals surface area (Å²) >= 11 is 0.